The van der Waals surface area contributed by atoms with Crippen LogP contribution in [-0.4, -0.2) is 59.2 Å². The Morgan fingerprint density at radius 2 is 2.08 bits per heavy atom. The average molecular weight is 368 g/mol. The van der Waals surface area contributed by atoms with Gasteiger partial charge in [-0.15, -0.1) is 0 Å². The van der Waals surface area contributed by atoms with Crippen LogP contribution in [0.5, 0.6) is 0 Å². The third-order valence-corrected chi connectivity index (χ3v) is 5.14. The summed E-state index contributed by atoms with van der Waals surface area (Å²) in [5, 5.41) is 24.6. The Labute approximate surface area is 155 Å². The van der Waals surface area contributed by atoms with E-state index in [9.17, 15) is 9.90 Å². The van der Waals surface area contributed by atoms with Crippen molar-refractivity contribution in [2.24, 2.45) is 0 Å². The Hall–Kier alpha value is -1.41. The van der Waals surface area contributed by atoms with Crippen molar-refractivity contribution in [2.45, 2.75) is 70.1 Å². The summed E-state index contributed by atoms with van der Waals surface area (Å²) in [5.74, 6) is 0.0453. The zero-order valence-corrected chi connectivity index (χ0v) is 16.1. The number of hydrogen-bond acceptors (Lipinski definition) is 6. The molecule has 2 heterocycles. The van der Waals surface area contributed by atoms with Crippen LogP contribution in [0.2, 0.25) is 0 Å². The van der Waals surface area contributed by atoms with Crippen LogP contribution in [0.15, 0.2) is 23.6 Å². The van der Waals surface area contributed by atoms with Crippen molar-refractivity contribution in [1.82, 2.24) is 10.4 Å². The zero-order valence-electron chi connectivity index (χ0n) is 16.1. The van der Waals surface area contributed by atoms with E-state index in [1.807, 2.05) is 0 Å². The lowest BCUT2D eigenvalue weighted by atomic mass is 9.80. The maximum Gasteiger partial charge on any atom is 0.283 e. The van der Waals surface area contributed by atoms with Crippen molar-refractivity contribution in [1.29, 1.82) is 0 Å². The Morgan fingerprint density at radius 1 is 1.35 bits per heavy atom. The maximum absolute atomic E-state index is 12.7. The van der Waals surface area contributed by atoms with E-state index in [-0.39, 0.29) is 12.5 Å². The number of aliphatic hydroxyl groups is 2. The number of nitrogens with zero attached hydrogens (tertiary/aromatic N) is 1. The first-order valence-corrected chi connectivity index (χ1v) is 9.45. The number of amides is 1. The first kappa shape index (κ1) is 20.9. The quantitative estimate of drug-likeness (QED) is 0.508. The lowest BCUT2D eigenvalue weighted by Crippen LogP contribution is -2.61. The van der Waals surface area contributed by atoms with Gasteiger partial charge in [0.2, 0.25) is 0 Å². The van der Waals surface area contributed by atoms with Crippen molar-refractivity contribution in [2.75, 3.05) is 20.3 Å². The smallest absolute Gasteiger partial charge is 0.283 e. The van der Waals surface area contributed by atoms with Crippen molar-refractivity contribution in [3.05, 3.63) is 23.6 Å². The molecule has 7 heteroatoms. The molecule has 26 heavy (non-hydrogen) atoms. The van der Waals surface area contributed by atoms with Gasteiger partial charge in [-0.2, -0.15) is 5.06 Å². The lowest BCUT2D eigenvalue weighted by Gasteiger charge is -2.43. The largest absolute Gasteiger partial charge is 0.485 e. The summed E-state index contributed by atoms with van der Waals surface area (Å²) in [6.45, 7) is 8.45. The molecule has 2 rings (SSSR count). The van der Waals surface area contributed by atoms with Crippen LogP contribution < -0.4 is 5.32 Å². The fourth-order valence-electron chi connectivity index (χ4n) is 3.62. The fourth-order valence-corrected chi connectivity index (χ4v) is 3.62. The minimum atomic E-state index is -1.24. The molecule has 0 aromatic rings. The molecule has 0 bridgehead atoms. The molecular formula is C19H32N2O5. The molecule has 2 aliphatic rings. The second-order valence-corrected chi connectivity index (χ2v) is 7.12. The molecule has 0 fully saturated rings. The minimum absolute atomic E-state index is 0.118. The first-order chi connectivity index (χ1) is 12.4. The summed E-state index contributed by atoms with van der Waals surface area (Å²) in [6, 6.07) is -0.582. The molecule has 0 saturated carbocycles. The van der Waals surface area contributed by atoms with Crippen LogP contribution in [0.4, 0.5) is 0 Å². The van der Waals surface area contributed by atoms with E-state index in [4.69, 9.17) is 14.7 Å². The maximum atomic E-state index is 12.7. The highest BCUT2D eigenvalue weighted by molar-refractivity contribution is 6.00. The summed E-state index contributed by atoms with van der Waals surface area (Å²) in [5.41, 5.74) is -0.519. The summed E-state index contributed by atoms with van der Waals surface area (Å²) < 4.78 is 6.05. The Balaban J connectivity index is 2.28. The fraction of sp³-hybridized carbons (Fsp3) is 0.737. The van der Waals surface area contributed by atoms with E-state index in [1.165, 1.54) is 7.11 Å². The Bertz CT molecular complexity index is 558. The van der Waals surface area contributed by atoms with E-state index < -0.39 is 17.7 Å². The highest BCUT2D eigenvalue weighted by atomic mass is 16.7. The predicted octanol–water partition coefficient (Wildman–Crippen LogP) is 1.62. The third-order valence-electron chi connectivity index (χ3n) is 5.14. The van der Waals surface area contributed by atoms with Gasteiger partial charge in [-0.05, 0) is 39.2 Å². The van der Waals surface area contributed by atoms with Crippen molar-refractivity contribution in [3.8, 4) is 0 Å². The van der Waals surface area contributed by atoms with Gasteiger partial charge in [-0.25, -0.2) is 0 Å². The standard InChI is InChI=1S/C19H32N2O5/c1-5-6-7-10-14-19(3,24)17(20-11-8-9-12-22)15-16(26-14)13(2)21(25-4)18(15)23/h14,17,20,22,24H,2,5-12H2,1,3-4H3/t14-,17+,19-/m0/s1. The Kier molecular flexibility index (Phi) is 7.23. The van der Waals surface area contributed by atoms with Gasteiger partial charge in [0.25, 0.3) is 5.91 Å². The van der Waals surface area contributed by atoms with Crippen LogP contribution >= 0.6 is 0 Å². The minimum Gasteiger partial charge on any atom is -0.485 e. The number of nitrogens with one attached hydrogen (secondary N) is 1. The summed E-state index contributed by atoms with van der Waals surface area (Å²) in [7, 11) is 1.40. The monoisotopic (exact) mass is 368 g/mol. The van der Waals surface area contributed by atoms with E-state index in [2.05, 4.69) is 18.8 Å². The van der Waals surface area contributed by atoms with Crippen LogP contribution in [-0.2, 0) is 14.4 Å². The van der Waals surface area contributed by atoms with Crippen molar-refractivity contribution >= 4 is 5.91 Å². The summed E-state index contributed by atoms with van der Waals surface area (Å²) in [6.07, 6.45) is 4.73. The van der Waals surface area contributed by atoms with E-state index in [0.717, 1.165) is 30.7 Å². The number of hydrogen-bond donors (Lipinski definition) is 3. The Morgan fingerprint density at radius 3 is 2.69 bits per heavy atom. The molecule has 0 unspecified atom stereocenters. The zero-order chi connectivity index (χ0) is 19.3. The van der Waals surface area contributed by atoms with Crippen LogP contribution in [0.3, 0.4) is 0 Å². The average Bonchev–Trinajstić information content (AvgIpc) is 2.83. The van der Waals surface area contributed by atoms with Crippen LogP contribution in [0, 0.1) is 0 Å². The number of carbonyl (C=O) groups is 1. The van der Waals surface area contributed by atoms with Gasteiger partial charge in [-0.3, -0.25) is 9.63 Å². The lowest BCUT2D eigenvalue weighted by molar-refractivity contribution is -0.158. The molecule has 3 atom stereocenters. The van der Waals surface area contributed by atoms with E-state index >= 15 is 0 Å². The van der Waals surface area contributed by atoms with Crippen molar-refractivity contribution < 1.29 is 24.6 Å². The van der Waals surface area contributed by atoms with Gasteiger partial charge in [0.1, 0.15) is 17.4 Å². The van der Waals surface area contributed by atoms with Gasteiger partial charge in [0.15, 0.2) is 5.76 Å². The van der Waals surface area contributed by atoms with E-state index in [1.54, 1.807) is 6.92 Å². The number of ether oxygens (including phenoxy) is 1. The van der Waals surface area contributed by atoms with Gasteiger partial charge in [0.05, 0.1) is 18.7 Å². The second-order valence-electron chi connectivity index (χ2n) is 7.12. The van der Waals surface area contributed by atoms with Crippen LogP contribution in [0.25, 0.3) is 0 Å². The molecule has 0 aliphatic carbocycles. The predicted molar refractivity (Wildman–Crippen MR) is 97.8 cm³/mol. The highest BCUT2D eigenvalue weighted by Crippen LogP contribution is 2.42. The second kappa shape index (κ2) is 8.99. The topological polar surface area (TPSA) is 91.3 Å². The molecule has 0 saturated heterocycles. The molecule has 3 N–H and O–H groups in total. The molecule has 0 spiro atoms. The molecule has 2 aliphatic heterocycles. The van der Waals surface area contributed by atoms with E-state index in [0.29, 0.717) is 36.4 Å². The molecule has 0 aromatic carbocycles. The molecule has 0 radical (unpaired) electrons. The summed E-state index contributed by atoms with van der Waals surface area (Å²) in [4.78, 5) is 17.9. The SMILES string of the molecule is C=C1C2=C(C(=O)N1OC)[C@@H](NCCCCO)[C@@](C)(O)[C@H](CCCCC)O2. The van der Waals surface area contributed by atoms with Gasteiger partial charge >= 0.3 is 0 Å². The number of unbranched alkanes of at least 4 members (excludes halogenated alkanes) is 3. The molecule has 148 valence electrons. The third kappa shape index (κ3) is 3.96. The number of aliphatic hydroxyl groups excluding tert-OH is 1. The van der Waals surface area contributed by atoms with Crippen LogP contribution in [0.1, 0.15) is 52.4 Å². The van der Waals surface area contributed by atoms with Gasteiger partial charge in [0, 0.05) is 6.61 Å². The number of carbonyl (C=O) groups excluding carboxylic acids is 1. The molecule has 0 aromatic heterocycles. The van der Waals surface area contributed by atoms with Crippen molar-refractivity contribution in [3.63, 3.8) is 0 Å². The normalized spacial score (nSPS) is 28.6. The molecule has 7 nitrogen and oxygen atoms in total. The van der Waals surface area contributed by atoms with Gasteiger partial charge in [-0.1, -0.05) is 26.3 Å². The molecule has 1 amide bonds. The van der Waals surface area contributed by atoms with Gasteiger partial charge < -0.3 is 20.3 Å². The first-order valence-electron chi connectivity index (χ1n) is 9.45. The molecular weight excluding hydrogens is 336 g/mol. The summed E-state index contributed by atoms with van der Waals surface area (Å²) >= 11 is 0. The number of rotatable bonds is 10. The highest BCUT2D eigenvalue weighted by Gasteiger charge is 2.54. The number of hydroxylamine groups is 2.